The van der Waals surface area contributed by atoms with Crippen molar-refractivity contribution < 1.29 is 9.21 Å². The van der Waals surface area contributed by atoms with Gasteiger partial charge >= 0.3 is 0 Å². The largest absolute Gasteiger partial charge is 0.459 e. The first-order chi connectivity index (χ1) is 17.9. The Hall–Kier alpha value is -3.68. The number of amides is 1. The molecule has 0 radical (unpaired) electrons. The topological polar surface area (TPSA) is 70.4 Å². The van der Waals surface area contributed by atoms with Gasteiger partial charge in [0.05, 0.1) is 11.7 Å². The van der Waals surface area contributed by atoms with E-state index in [1.165, 1.54) is 0 Å². The van der Waals surface area contributed by atoms with E-state index in [1.54, 1.807) is 6.20 Å². The Bertz CT molecular complexity index is 1440. The molecule has 4 aromatic rings. The van der Waals surface area contributed by atoms with E-state index in [9.17, 15) is 4.79 Å². The molecule has 37 heavy (non-hydrogen) atoms. The summed E-state index contributed by atoms with van der Waals surface area (Å²) in [5.74, 6) is 1.36. The number of halogens is 1. The maximum absolute atomic E-state index is 12.8. The summed E-state index contributed by atoms with van der Waals surface area (Å²) < 4.78 is 6.37. The van der Waals surface area contributed by atoms with Gasteiger partial charge in [-0.1, -0.05) is 41.9 Å². The molecular weight excluding hydrogens is 504 g/mol. The Morgan fingerprint density at radius 1 is 1.11 bits per heavy atom. The Morgan fingerprint density at radius 2 is 1.97 bits per heavy atom. The van der Waals surface area contributed by atoms with Crippen LogP contribution in [0.2, 0.25) is 5.02 Å². The number of nitrogens with one attached hydrogen (secondary N) is 2. The number of carbonyl (C=O) groups excluding carboxylic acids is 1. The van der Waals surface area contributed by atoms with Crippen molar-refractivity contribution in [3.63, 3.8) is 0 Å². The number of hydrogen-bond acceptors (Lipinski definition) is 4. The van der Waals surface area contributed by atoms with E-state index in [2.05, 4.69) is 15.6 Å². The van der Waals surface area contributed by atoms with E-state index in [4.69, 9.17) is 28.2 Å². The van der Waals surface area contributed by atoms with Crippen molar-refractivity contribution in [1.82, 2.24) is 15.2 Å². The van der Waals surface area contributed by atoms with Crippen LogP contribution >= 0.6 is 23.8 Å². The summed E-state index contributed by atoms with van der Waals surface area (Å²) in [6.45, 7) is 4.38. The Labute approximate surface area is 226 Å². The smallest absolute Gasteiger partial charge is 0.226 e. The zero-order chi connectivity index (χ0) is 25.9. The highest BCUT2D eigenvalue weighted by Crippen LogP contribution is 2.40. The zero-order valence-corrected chi connectivity index (χ0v) is 22.1. The van der Waals surface area contributed by atoms with Gasteiger partial charge in [0.25, 0.3) is 0 Å². The third-order valence-electron chi connectivity index (χ3n) is 6.45. The molecule has 1 aliphatic heterocycles. The second-order valence-electron chi connectivity index (χ2n) is 9.15. The zero-order valence-electron chi connectivity index (χ0n) is 20.6. The van der Waals surface area contributed by atoms with Crippen molar-refractivity contribution in [2.45, 2.75) is 32.4 Å². The van der Waals surface area contributed by atoms with E-state index in [-0.39, 0.29) is 24.4 Å². The number of aryl methyl sites for hydroxylation is 2. The molecule has 6 nitrogen and oxygen atoms in total. The van der Waals surface area contributed by atoms with Gasteiger partial charge in [0.1, 0.15) is 17.6 Å². The van der Waals surface area contributed by atoms with Crippen molar-refractivity contribution in [1.29, 1.82) is 0 Å². The lowest BCUT2D eigenvalue weighted by Crippen LogP contribution is -2.32. The maximum Gasteiger partial charge on any atom is 0.226 e. The van der Waals surface area contributed by atoms with Gasteiger partial charge < -0.3 is 20.0 Å². The maximum atomic E-state index is 12.8. The molecule has 2 unspecified atom stereocenters. The van der Waals surface area contributed by atoms with Crippen LogP contribution in [0.4, 0.5) is 5.69 Å². The molecule has 1 fully saturated rings. The molecule has 1 amide bonds. The summed E-state index contributed by atoms with van der Waals surface area (Å²) in [5, 5.41) is 7.62. The van der Waals surface area contributed by atoms with Gasteiger partial charge in [-0.2, -0.15) is 0 Å². The van der Waals surface area contributed by atoms with Crippen LogP contribution in [0.15, 0.2) is 83.4 Å². The third-order valence-corrected chi connectivity index (χ3v) is 7.21. The number of benzene rings is 2. The molecule has 2 aromatic heterocycles. The highest BCUT2D eigenvalue weighted by Gasteiger charge is 2.41. The minimum Gasteiger partial charge on any atom is -0.459 e. The van der Waals surface area contributed by atoms with Gasteiger partial charge in [0.2, 0.25) is 5.91 Å². The van der Waals surface area contributed by atoms with Crippen LogP contribution in [0.25, 0.3) is 11.3 Å². The molecule has 0 spiro atoms. The highest BCUT2D eigenvalue weighted by atomic mass is 35.5. The molecule has 0 saturated carbocycles. The standard InChI is InChI=1S/C29H27ClN4O2S/c1-18-6-5-7-21(16-18)32-26(35)13-15-34-28(27(33-29(34)37)23-8-3-4-14-31-23)25-12-11-24(36-25)20-10-9-19(2)22(30)17-20/h3-12,14,16-17,27-28H,13,15H2,1-2H3,(H,32,35)(H,33,37). The number of pyridine rings is 1. The fraction of sp³-hybridized carbons (Fsp3) is 0.207. The molecule has 5 rings (SSSR count). The molecule has 0 aliphatic carbocycles. The number of thiocarbonyl (C=S) groups is 1. The van der Waals surface area contributed by atoms with Crippen molar-refractivity contribution in [2.75, 3.05) is 11.9 Å². The van der Waals surface area contributed by atoms with Gasteiger partial charge in [-0.05, 0) is 79.7 Å². The van der Waals surface area contributed by atoms with Crippen LogP contribution in [-0.2, 0) is 4.79 Å². The molecule has 8 heteroatoms. The third kappa shape index (κ3) is 5.53. The van der Waals surface area contributed by atoms with Crippen LogP contribution in [0.1, 0.15) is 41.1 Å². The van der Waals surface area contributed by atoms with Gasteiger partial charge in [0.15, 0.2) is 5.11 Å². The Balaban J connectivity index is 1.40. The summed E-state index contributed by atoms with van der Waals surface area (Å²) in [5.41, 5.74) is 4.62. The summed E-state index contributed by atoms with van der Waals surface area (Å²) in [7, 11) is 0. The van der Waals surface area contributed by atoms with Crippen molar-refractivity contribution in [2.24, 2.45) is 0 Å². The highest BCUT2D eigenvalue weighted by molar-refractivity contribution is 7.80. The monoisotopic (exact) mass is 530 g/mol. The molecular formula is C29H27ClN4O2S. The number of furan rings is 1. The average molecular weight is 531 g/mol. The van der Waals surface area contributed by atoms with Gasteiger partial charge in [-0.3, -0.25) is 9.78 Å². The molecule has 2 aromatic carbocycles. The van der Waals surface area contributed by atoms with Gasteiger partial charge in [0, 0.05) is 35.4 Å². The lowest BCUT2D eigenvalue weighted by molar-refractivity contribution is -0.116. The number of nitrogens with zero attached hydrogens (tertiary/aromatic N) is 2. The number of aromatic nitrogens is 1. The van der Waals surface area contributed by atoms with E-state index in [0.29, 0.717) is 22.4 Å². The normalized spacial score (nSPS) is 17.1. The predicted octanol–water partition coefficient (Wildman–Crippen LogP) is 6.61. The second kappa shape index (κ2) is 10.7. The van der Waals surface area contributed by atoms with Crippen molar-refractivity contribution >= 4 is 40.5 Å². The number of anilines is 1. The second-order valence-corrected chi connectivity index (χ2v) is 9.95. The van der Waals surface area contributed by atoms with E-state index >= 15 is 0 Å². The van der Waals surface area contributed by atoms with Gasteiger partial charge in [-0.15, -0.1) is 0 Å². The van der Waals surface area contributed by atoms with E-state index < -0.39 is 0 Å². The minimum absolute atomic E-state index is 0.0807. The number of rotatable bonds is 7. The van der Waals surface area contributed by atoms with Crippen LogP contribution in [-0.4, -0.2) is 27.4 Å². The lowest BCUT2D eigenvalue weighted by Gasteiger charge is -2.25. The fourth-order valence-electron chi connectivity index (χ4n) is 4.54. The SMILES string of the molecule is Cc1cccc(NC(=O)CCN2C(=S)NC(c3ccccn3)C2c2ccc(-c3ccc(C)c(Cl)c3)o2)c1. The van der Waals surface area contributed by atoms with E-state index in [1.807, 2.05) is 91.5 Å². The van der Waals surface area contributed by atoms with E-state index in [0.717, 1.165) is 33.8 Å². The molecule has 1 aliphatic rings. The average Bonchev–Trinajstić information content (AvgIpc) is 3.49. The summed E-state index contributed by atoms with van der Waals surface area (Å²) in [6, 6.07) is 22.8. The van der Waals surface area contributed by atoms with Crippen LogP contribution in [0.3, 0.4) is 0 Å². The molecule has 3 heterocycles. The van der Waals surface area contributed by atoms with Gasteiger partial charge in [-0.25, -0.2) is 0 Å². The molecule has 0 bridgehead atoms. The first-order valence-electron chi connectivity index (χ1n) is 12.1. The summed E-state index contributed by atoms with van der Waals surface area (Å²) in [6.07, 6.45) is 2.03. The molecule has 1 saturated heterocycles. The lowest BCUT2D eigenvalue weighted by atomic mass is 10.0. The Morgan fingerprint density at radius 3 is 2.73 bits per heavy atom. The van der Waals surface area contributed by atoms with Crippen molar-refractivity contribution in [3.8, 4) is 11.3 Å². The molecule has 2 atom stereocenters. The quantitative estimate of drug-likeness (QED) is 0.262. The van der Waals surface area contributed by atoms with Crippen molar-refractivity contribution in [3.05, 3.63) is 107 Å². The predicted molar refractivity (Wildman–Crippen MR) is 150 cm³/mol. The van der Waals surface area contributed by atoms with Crippen LogP contribution < -0.4 is 10.6 Å². The minimum atomic E-state index is -0.274. The van der Waals surface area contributed by atoms with Crippen LogP contribution in [0, 0.1) is 13.8 Å². The molecule has 2 N–H and O–H groups in total. The fourth-order valence-corrected chi connectivity index (χ4v) is 5.05. The number of carbonyl (C=O) groups is 1. The number of hydrogen-bond donors (Lipinski definition) is 2. The molecule has 188 valence electrons. The first kappa shape index (κ1) is 25.0. The summed E-state index contributed by atoms with van der Waals surface area (Å²) in [4.78, 5) is 19.4. The van der Waals surface area contributed by atoms with Crippen LogP contribution in [0.5, 0.6) is 0 Å². The first-order valence-corrected chi connectivity index (χ1v) is 12.9. The summed E-state index contributed by atoms with van der Waals surface area (Å²) >= 11 is 12.1. The Kier molecular flexibility index (Phi) is 7.26.